The van der Waals surface area contributed by atoms with E-state index in [1.54, 1.807) is 19.1 Å². The first-order chi connectivity index (χ1) is 9.44. The molecule has 0 aliphatic carbocycles. The van der Waals surface area contributed by atoms with Gasteiger partial charge in [0.05, 0.1) is 0 Å². The minimum Gasteiger partial charge on any atom is -0.327 e. The molecule has 2 nitrogen and oxygen atoms in total. The van der Waals surface area contributed by atoms with Crippen molar-refractivity contribution in [1.29, 1.82) is 0 Å². The van der Waals surface area contributed by atoms with E-state index in [0.717, 1.165) is 5.57 Å². The van der Waals surface area contributed by atoms with Gasteiger partial charge in [-0.05, 0) is 44.4 Å². The Bertz CT molecular complexity index is 467. The fraction of sp³-hybridized carbons (Fsp3) is 0.353. The van der Waals surface area contributed by atoms with Crippen molar-refractivity contribution in [2.24, 2.45) is 11.7 Å². The van der Waals surface area contributed by atoms with E-state index < -0.39 is 5.83 Å². The molecule has 0 rings (SSSR count). The molecule has 0 saturated carbocycles. The molecule has 3 heteroatoms. The van der Waals surface area contributed by atoms with Crippen LogP contribution in [-0.4, -0.2) is 12.3 Å². The summed E-state index contributed by atoms with van der Waals surface area (Å²) in [7, 11) is 0. The number of carbonyl (C=O) groups is 1. The lowest BCUT2D eigenvalue weighted by Crippen LogP contribution is -2.00. The van der Waals surface area contributed by atoms with Crippen LogP contribution in [0.3, 0.4) is 0 Å². The third-order valence-electron chi connectivity index (χ3n) is 2.69. The lowest BCUT2D eigenvalue weighted by Gasteiger charge is -2.01. The summed E-state index contributed by atoms with van der Waals surface area (Å²) in [6.45, 7) is 7.45. The molecule has 0 aromatic carbocycles. The summed E-state index contributed by atoms with van der Waals surface area (Å²) in [5.41, 5.74) is 6.89. The van der Waals surface area contributed by atoms with Crippen LogP contribution in [0.2, 0.25) is 0 Å². The van der Waals surface area contributed by atoms with E-state index in [2.05, 4.69) is 0 Å². The number of carbonyl (C=O) groups excluding carboxylic acids is 1. The maximum Gasteiger partial charge on any atom is 0.159 e. The van der Waals surface area contributed by atoms with Crippen molar-refractivity contribution < 1.29 is 9.18 Å². The highest BCUT2D eigenvalue weighted by atomic mass is 19.1. The van der Waals surface area contributed by atoms with Crippen LogP contribution >= 0.6 is 0 Å². The molecule has 0 heterocycles. The van der Waals surface area contributed by atoms with Crippen LogP contribution in [0, 0.1) is 5.92 Å². The Labute approximate surface area is 121 Å². The van der Waals surface area contributed by atoms with Crippen LogP contribution in [0.4, 0.5) is 4.39 Å². The van der Waals surface area contributed by atoms with Crippen molar-refractivity contribution in [3.63, 3.8) is 0 Å². The molecular weight excluding hydrogens is 253 g/mol. The third kappa shape index (κ3) is 7.64. The molecule has 0 spiro atoms. The van der Waals surface area contributed by atoms with E-state index in [9.17, 15) is 9.18 Å². The zero-order valence-electron chi connectivity index (χ0n) is 12.7. The Balaban J connectivity index is 4.96. The Kier molecular flexibility index (Phi) is 9.22. The van der Waals surface area contributed by atoms with Crippen LogP contribution in [0.15, 0.2) is 59.5 Å². The number of nitrogens with two attached hydrogens (primary N) is 1. The fourth-order valence-electron chi connectivity index (χ4n) is 1.51. The van der Waals surface area contributed by atoms with Crippen LogP contribution in [0.25, 0.3) is 0 Å². The number of hydrogen-bond donors (Lipinski definition) is 1. The zero-order valence-corrected chi connectivity index (χ0v) is 12.7. The highest BCUT2D eigenvalue weighted by molar-refractivity contribution is 5.96. The summed E-state index contributed by atoms with van der Waals surface area (Å²) in [4.78, 5) is 11.3. The second-order valence-corrected chi connectivity index (χ2v) is 4.49. The highest BCUT2D eigenvalue weighted by Crippen LogP contribution is 2.12. The lowest BCUT2D eigenvalue weighted by molar-refractivity contribution is -0.113. The van der Waals surface area contributed by atoms with Gasteiger partial charge in [-0.3, -0.25) is 4.79 Å². The molecule has 110 valence electrons. The van der Waals surface area contributed by atoms with Gasteiger partial charge in [-0.25, -0.2) is 4.39 Å². The molecule has 0 aromatic heterocycles. The van der Waals surface area contributed by atoms with Gasteiger partial charge < -0.3 is 5.73 Å². The lowest BCUT2D eigenvalue weighted by atomic mass is 10.1. The summed E-state index contributed by atoms with van der Waals surface area (Å²) in [5.74, 6) is -0.652. The van der Waals surface area contributed by atoms with Gasteiger partial charge in [0.25, 0.3) is 0 Å². The quantitative estimate of drug-likeness (QED) is 0.564. The summed E-state index contributed by atoms with van der Waals surface area (Å²) in [5, 5.41) is 0. The van der Waals surface area contributed by atoms with Crippen LogP contribution in [-0.2, 0) is 4.79 Å². The molecule has 0 fully saturated rings. The van der Waals surface area contributed by atoms with E-state index in [1.165, 1.54) is 19.1 Å². The van der Waals surface area contributed by atoms with E-state index in [4.69, 9.17) is 5.73 Å². The number of Topliss-reactive ketones (excluding diaryl/α,β-unsaturated/α-hetero) is 1. The van der Waals surface area contributed by atoms with Gasteiger partial charge in [0, 0.05) is 12.1 Å². The van der Waals surface area contributed by atoms with Crippen LogP contribution in [0.5, 0.6) is 0 Å². The first-order valence-electron chi connectivity index (χ1n) is 6.70. The van der Waals surface area contributed by atoms with E-state index >= 15 is 0 Å². The minimum atomic E-state index is -0.416. The van der Waals surface area contributed by atoms with Crippen molar-refractivity contribution in [2.45, 2.75) is 27.7 Å². The Hall–Kier alpha value is -1.74. The van der Waals surface area contributed by atoms with Gasteiger partial charge >= 0.3 is 0 Å². The van der Waals surface area contributed by atoms with Crippen LogP contribution in [0.1, 0.15) is 27.7 Å². The van der Waals surface area contributed by atoms with E-state index in [1.807, 2.05) is 32.1 Å². The SMILES string of the molecule is C\C=C/C(=C\C(F)=C\C(C)/C=C\C(=C/C)CN)C(C)=O. The third-order valence-corrected chi connectivity index (χ3v) is 2.69. The number of allylic oxidation sites excluding steroid dienone is 8. The number of halogens is 1. The van der Waals surface area contributed by atoms with Gasteiger partial charge in [-0.15, -0.1) is 0 Å². The Morgan fingerprint density at radius 3 is 2.40 bits per heavy atom. The summed E-state index contributed by atoms with van der Waals surface area (Å²) in [6.07, 6.45) is 11.7. The molecule has 1 unspecified atom stereocenters. The maximum atomic E-state index is 13.8. The minimum absolute atomic E-state index is 0.0773. The topological polar surface area (TPSA) is 43.1 Å². The first kappa shape index (κ1) is 18.3. The summed E-state index contributed by atoms with van der Waals surface area (Å²) >= 11 is 0. The van der Waals surface area contributed by atoms with Crippen molar-refractivity contribution in [2.75, 3.05) is 6.54 Å². The molecule has 1 atom stereocenters. The number of hydrogen-bond acceptors (Lipinski definition) is 2. The predicted octanol–water partition coefficient (Wildman–Crippen LogP) is 4.03. The molecule has 2 N–H and O–H groups in total. The Morgan fingerprint density at radius 1 is 1.30 bits per heavy atom. The average molecular weight is 277 g/mol. The second kappa shape index (κ2) is 10.1. The summed E-state index contributed by atoms with van der Waals surface area (Å²) in [6, 6.07) is 0. The standard InChI is InChI=1S/C17H24FNO/c1-5-7-16(14(4)20)11-17(18)10-13(3)8-9-15(6-2)12-19/h5-11,13H,12,19H2,1-4H3/b7-5-,9-8-,15-6+,16-11+,17-10-. The molecule has 0 aromatic rings. The van der Waals surface area contributed by atoms with Crippen molar-refractivity contribution in [1.82, 2.24) is 0 Å². The molecule has 0 aliphatic rings. The maximum absolute atomic E-state index is 13.8. The molecule has 0 radical (unpaired) electrons. The summed E-state index contributed by atoms with van der Waals surface area (Å²) < 4.78 is 13.8. The van der Waals surface area contributed by atoms with Crippen molar-refractivity contribution in [3.8, 4) is 0 Å². The smallest absolute Gasteiger partial charge is 0.159 e. The van der Waals surface area contributed by atoms with Gasteiger partial charge in [-0.2, -0.15) is 0 Å². The fourth-order valence-corrected chi connectivity index (χ4v) is 1.51. The van der Waals surface area contributed by atoms with Gasteiger partial charge in [-0.1, -0.05) is 37.3 Å². The predicted molar refractivity (Wildman–Crippen MR) is 83.9 cm³/mol. The van der Waals surface area contributed by atoms with Gasteiger partial charge in [0.15, 0.2) is 5.78 Å². The first-order valence-corrected chi connectivity index (χ1v) is 6.70. The molecule has 0 aliphatic heterocycles. The van der Waals surface area contributed by atoms with Crippen molar-refractivity contribution >= 4 is 5.78 Å². The zero-order chi connectivity index (χ0) is 15.5. The molecule has 0 bridgehead atoms. The molecule has 0 amide bonds. The number of ketones is 1. The normalized spacial score (nSPS) is 16.2. The monoisotopic (exact) mass is 277 g/mol. The van der Waals surface area contributed by atoms with Crippen LogP contribution < -0.4 is 5.73 Å². The second-order valence-electron chi connectivity index (χ2n) is 4.49. The average Bonchev–Trinajstić information content (AvgIpc) is 2.39. The van der Waals surface area contributed by atoms with Crippen molar-refractivity contribution in [3.05, 3.63) is 59.5 Å². The van der Waals surface area contributed by atoms with E-state index in [-0.39, 0.29) is 11.7 Å². The number of rotatable bonds is 7. The molecule has 0 saturated heterocycles. The highest BCUT2D eigenvalue weighted by Gasteiger charge is 2.02. The van der Waals surface area contributed by atoms with E-state index in [0.29, 0.717) is 12.1 Å². The Morgan fingerprint density at radius 2 is 1.95 bits per heavy atom. The molecular formula is C17H24FNO. The molecule has 20 heavy (non-hydrogen) atoms. The van der Waals surface area contributed by atoms with Gasteiger partial charge in [0.1, 0.15) is 5.83 Å². The largest absolute Gasteiger partial charge is 0.327 e. The van der Waals surface area contributed by atoms with Gasteiger partial charge in [0.2, 0.25) is 0 Å².